The van der Waals surface area contributed by atoms with Crippen molar-refractivity contribution in [2.45, 2.75) is 112 Å². The molecule has 0 saturated heterocycles. The van der Waals surface area contributed by atoms with E-state index in [-0.39, 0.29) is 51.6 Å². The molecule has 0 unspecified atom stereocenters. The molecule has 0 radical (unpaired) electrons. The van der Waals surface area contributed by atoms with Crippen molar-refractivity contribution in [1.29, 1.82) is 0 Å². The number of aliphatic hydroxyl groups excluding tert-OH is 2. The first-order chi connectivity index (χ1) is 15.8. The van der Waals surface area contributed by atoms with E-state index < -0.39 is 11.9 Å². The Hall–Kier alpha value is -0.610. The van der Waals surface area contributed by atoms with Crippen molar-refractivity contribution in [1.82, 2.24) is 0 Å². The highest BCUT2D eigenvalue weighted by molar-refractivity contribution is 5.67. The first-order valence-corrected chi connectivity index (χ1v) is 14.3. The van der Waals surface area contributed by atoms with Crippen molar-refractivity contribution in [3.8, 4) is 0 Å². The molecule has 4 nitrogen and oxygen atoms in total. The van der Waals surface area contributed by atoms with Crippen LogP contribution in [0.4, 0.5) is 0 Å². The molecule has 0 aliphatic heterocycles. The Balaban J connectivity index is 1.54. The fraction of sp³-hybridized carbons (Fsp3) is 0.967. The van der Waals surface area contributed by atoms with Crippen molar-refractivity contribution in [2.75, 3.05) is 6.61 Å². The maximum atomic E-state index is 12.0. The molecule has 0 amide bonds. The van der Waals surface area contributed by atoms with Crippen LogP contribution in [-0.4, -0.2) is 28.9 Å². The lowest BCUT2D eigenvalue weighted by Crippen LogP contribution is -2.67. The highest BCUT2D eigenvalue weighted by Crippen LogP contribution is 2.77. The predicted molar refractivity (Wildman–Crippen MR) is 131 cm³/mol. The van der Waals surface area contributed by atoms with Crippen LogP contribution in [-0.2, 0) is 4.79 Å². The molecule has 0 bridgehead atoms. The Bertz CT molecular complexity index is 838. The van der Waals surface area contributed by atoms with Gasteiger partial charge in [0.25, 0.3) is 0 Å². The van der Waals surface area contributed by atoms with Gasteiger partial charge in [0.1, 0.15) is 0 Å². The average Bonchev–Trinajstić information content (AvgIpc) is 3.16. The third kappa shape index (κ3) is 2.93. The monoisotopic (exact) mass is 473 g/mol. The van der Waals surface area contributed by atoms with Gasteiger partial charge in [-0.25, -0.2) is 0 Å². The van der Waals surface area contributed by atoms with Crippen LogP contribution in [0.15, 0.2) is 0 Å². The minimum atomic E-state index is -0.915. The summed E-state index contributed by atoms with van der Waals surface area (Å²) in [5.74, 6) is 0.731. The van der Waals surface area contributed by atoms with Gasteiger partial charge in [0, 0.05) is 12.6 Å². The molecular weight excluding hydrogens is 424 g/mol. The van der Waals surface area contributed by atoms with Gasteiger partial charge in [-0.05, 0) is 127 Å². The van der Waals surface area contributed by atoms with E-state index in [9.17, 15) is 20.1 Å². The van der Waals surface area contributed by atoms with Gasteiger partial charge in [-0.3, -0.25) is 0 Å². The second-order valence-electron chi connectivity index (χ2n) is 14.9. The molecule has 11 atom stereocenters. The maximum Gasteiger partial charge on any atom is 0.0594 e. The highest BCUT2D eigenvalue weighted by atomic mass is 16.4. The molecule has 0 aromatic heterocycles. The number of carbonyl (C=O) groups is 1. The number of carboxylic acid groups (broad SMARTS) is 1. The molecule has 0 spiro atoms. The van der Waals surface area contributed by atoms with Crippen LogP contribution < -0.4 is 5.11 Å². The first-order valence-electron chi connectivity index (χ1n) is 14.3. The predicted octanol–water partition coefficient (Wildman–Crippen LogP) is 4.81. The number of aliphatic carboxylic acids is 1. The van der Waals surface area contributed by atoms with Crippen LogP contribution >= 0.6 is 0 Å². The number of rotatable bonds is 3. The smallest absolute Gasteiger partial charge is 0.0594 e. The zero-order chi connectivity index (χ0) is 24.9. The molecule has 194 valence electrons. The third-order valence-electron chi connectivity index (χ3n) is 14.0. The van der Waals surface area contributed by atoms with Crippen LogP contribution in [0.5, 0.6) is 0 Å². The summed E-state index contributed by atoms with van der Waals surface area (Å²) < 4.78 is 0. The minimum Gasteiger partial charge on any atom is -0.550 e. The van der Waals surface area contributed by atoms with Crippen molar-refractivity contribution in [3.63, 3.8) is 0 Å². The number of hydrogen-bond acceptors (Lipinski definition) is 4. The lowest BCUT2D eigenvalue weighted by molar-refractivity contribution is -0.314. The van der Waals surface area contributed by atoms with E-state index in [2.05, 4.69) is 34.6 Å². The van der Waals surface area contributed by atoms with E-state index in [0.29, 0.717) is 17.8 Å². The molecule has 5 fully saturated rings. The van der Waals surface area contributed by atoms with E-state index in [0.717, 1.165) is 44.9 Å². The lowest BCUT2D eigenvalue weighted by atomic mass is 9.32. The summed E-state index contributed by atoms with van der Waals surface area (Å²) in [5.41, 5.74) is 0.508. The number of carboxylic acids is 1. The molecule has 0 aromatic carbocycles. The molecule has 34 heavy (non-hydrogen) atoms. The first kappa shape index (κ1) is 25.1. The summed E-state index contributed by atoms with van der Waals surface area (Å²) >= 11 is 0. The van der Waals surface area contributed by atoms with E-state index >= 15 is 0 Å². The number of fused-ring (bicyclic) bond motifs is 7. The number of carbonyl (C=O) groups excluding carboxylic acids is 1. The largest absolute Gasteiger partial charge is 0.550 e. The molecule has 0 aromatic rings. The van der Waals surface area contributed by atoms with Crippen molar-refractivity contribution < 1.29 is 20.1 Å². The summed E-state index contributed by atoms with van der Waals surface area (Å²) in [6.07, 6.45) is 10.7. The number of aliphatic hydroxyl groups is 2. The zero-order valence-electron chi connectivity index (χ0n) is 22.5. The van der Waals surface area contributed by atoms with Crippen molar-refractivity contribution in [3.05, 3.63) is 0 Å². The van der Waals surface area contributed by atoms with E-state index in [1.165, 1.54) is 19.3 Å². The molecule has 2 N–H and O–H groups in total. The average molecular weight is 474 g/mol. The molecule has 4 heteroatoms. The Labute approximate surface area is 207 Å². The summed E-state index contributed by atoms with van der Waals surface area (Å²) in [6.45, 7) is 14.3. The van der Waals surface area contributed by atoms with Gasteiger partial charge >= 0.3 is 0 Å². The van der Waals surface area contributed by atoms with Gasteiger partial charge in [0.2, 0.25) is 0 Å². The van der Waals surface area contributed by atoms with E-state index in [1.807, 2.05) is 6.92 Å². The van der Waals surface area contributed by atoms with Crippen molar-refractivity contribution in [2.24, 2.45) is 62.6 Å². The Morgan fingerprint density at radius 1 is 0.882 bits per heavy atom. The summed E-state index contributed by atoms with van der Waals surface area (Å²) in [6, 6.07) is 0. The summed E-state index contributed by atoms with van der Waals surface area (Å²) in [7, 11) is 0. The number of hydrogen-bond donors (Lipinski definition) is 2. The van der Waals surface area contributed by atoms with Crippen LogP contribution in [0.3, 0.4) is 0 Å². The van der Waals surface area contributed by atoms with Gasteiger partial charge in [-0.15, -0.1) is 0 Å². The molecule has 5 rings (SSSR count). The van der Waals surface area contributed by atoms with Gasteiger partial charge in [-0.2, -0.15) is 0 Å². The van der Waals surface area contributed by atoms with Gasteiger partial charge in [-0.1, -0.05) is 41.5 Å². The van der Waals surface area contributed by atoms with Crippen LogP contribution in [0, 0.1) is 62.6 Å². The molecule has 5 aliphatic rings. The normalized spacial score (nSPS) is 54.8. The quantitative estimate of drug-likeness (QED) is 0.617. The van der Waals surface area contributed by atoms with E-state index in [4.69, 9.17) is 0 Å². The molecular formula is C30H49O4-. The van der Waals surface area contributed by atoms with Gasteiger partial charge in [0.15, 0.2) is 0 Å². The van der Waals surface area contributed by atoms with Crippen molar-refractivity contribution >= 4 is 5.97 Å². The topological polar surface area (TPSA) is 80.6 Å². The zero-order valence-corrected chi connectivity index (χ0v) is 22.5. The van der Waals surface area contributed by atoms with Gasteiger partial charge in [0.05, 0.1) is 6.10 Å². The van der Waals surface area contributed by atoms with Crippen LogP contribution in [0.2, 0.25) is 0 Å². The molecule has 5 aliphatic carbocycles. The van der Waals surface area contributed by atoms with Gasteiger partial charge < -0.3 is 20.1 Å². The lowest BCUT2D eigenvalue weighted by Gasteiger charge is -2.73. The van der Waals surface area contributed by atoms with E-state index in [1.54, 1.807) is 0 Å². The molecule has 5 saturated carbocycles. The highest BCUT2D eigenvalue weighted by Gasteiger charge is 2.70. The fourth-order valence-electron chi connectivity index (χ4n) is 11.8. The second kappa shape index (κ2) is 7.70. The Morgan fingerprint density at radius 2 is 1.59 bits per heavy atom. The Morgan fingerprint density at radius 3 is 2.24 bits per heavy atom. The summed E-state index contributed by atoms with van der Waals surface area (Å²) in [4.78, 5) is 12.0. The maximum absolute atomic E-state index is 12.0. The second-order valence-corrected chi connectivity index (χ2v) is 14.9. The van der Waals surface area contributed by atoms with Crippen LogP contribution in [0.1, 0.15) is 106 Å². The Kier molecular flexibility index (Phi) is 5.67. The fourth-order valence-corrected chi connectivity index (χ4v) is 11.8. The minimum absolute atomic E-state index is 0.0365. The van der Waals surface area contributed by atoms with Crippen LogP contribution in [0.25, 0.3) is 0 Å². The molecule has 0 heterocycles. The summed E-state index contributed by atoms with van der Waals surface area (Å²) in [5, 5.41) is 33.5. The SMILES string of the molecule is C[C@H](C(=O)[O-])[C@@H]1CC[C@@]2(CO)CC[C@]3(C)[C@@H](CC[C@@H]4[C@]5(C)CC[C@H](O)C(C)(C)[C@@H]5CC[C@@]43C)[C@H]12. The third-order valence-corrected chi connectivity index (χ3v) is 14.0. The standard InChI is InChI=1S/C30H50O4/c1-18(25(33)34)19-9-14-30(17-31)16-15-28(5)20(24(19)30)7-8-22-27(4)12-11-23(32)26(2,3)21(27)10-13-29(22,28)6/h18-24,31-32H,7-17H2,1-6H3,(H,33,34)/p-1/t18-,19-,20-,21-,22+,23-,24-,27+,28+,29-,30-/m0/s1.